The maximum absolute atomic E-state index is 10.5. The number of nitriles is 2. The molecule has 0 radical (unpaired) electrons. The molecule has 0 bridgehead atoms. The van der Waals surface area contributed by atoms with Gasteiger partial charge in [-0.15, -0.1) is 0 Å². The fraction of sp³-hybridized carbons (Fsp3) is 0.150. The number of hydrogen-bond donors (Lipinski definition) is 2. The lowest BCUT2D eigenvalue weighted by Crippen LogP contribution is -2.81. The van der Waals surface area contributed by atoms with E-state index in [1.54, 1.807) is 13.2 Å². The molecular formula is C20H15F3N6O2S. The second kappa shape index (κ2) is 10.9. The number of carboxylic acids is 1. The summed E-state index contributed by atoms with van der Waals surface area (Å²) in [6, 6.07) is 13.9. The number of anilines is 1. The highest BCUT2D eigenvalue weighted by molar-refractivity contribution is 8.00. The Balaban J connectivity index is 0.000000451. The molecule has 2 heterocycles. The normalized spacial score (nSPS) is 12.1. The van der Waals surface area contributed by atoms with E-state index in [1.807, 2.05) is 41.8 Å². The molecule has 0 unspecified atom stereocenters. The number of aromatic nitrogens is 1. The van der Waals surface area contributed by atoms with Gasteiger partial charge in [0.15, 0.2) is 0 Å². The number of aliphatic carboxylic acids is 1. The van der Waals surface area contributed by atoms with Crippen LogP contribution in [0, 0.1) is 22.7 Å². The van der Waals surface area contributed by atoms with Crippen LogP contribution < -0.4 is 15.7 Å². The highest BCUT2D eigenvalue weighted by atomic mass is 32.2. The van der Waals surface area contributed by atoms with Gasteiger partial charge in [-0.1, -0.05) is 42.1 Å². The molecule has 0 saturated carbocycles. The van der Waals surface area contributed by atoms with Crippen LogP contribution in [0.5, 0.6) is 0 Å². The van der Waals surface area contributed by atoms with Gasteiger partial charge in [-0.25, -0.2) is 9.98 Å². The highest BCUT2D eigenvalue weighted by Crippen LogP contribution is 2.36. The van der Waals surface area contributed by atoms with E-state index in [9.17, 15) is 23.7 Å². The molecule has 1 aromatic heterocycles. The number of benzene rings is 1. The van der Waals surface area contributed by atoms with Gasteiger partial charge in [-0.2, -0.15) is 23.7 Å². The molecule has 3 N–H and O–H groups in total. The summed E-state index contributed by atoms with van der Waals surface area (Å²) in [7, 11) is 1.72. The molecule has 164 valence electrons. The summed E-state index contributed by atoms with van der Waals surface area (Å²) >= 11 is 1.44. The molecule has 1 aromatic carbocycles. The molecule has 1 aliphatic rings. The van der Waals surface area contributed by atoms with Gasteiger partial charge in [0.2, 0.25) is 5.84 Å². The number of aliphatic imine (C=N–C) groups is 1. The molecule has 0 spiro atoms. The van der Waals surface area contributed by atoms with Crippen LogP contribution in [0.2, 0.25) is 0 Å². The number of alkyl halides is 3. The number of carbonyl (C=O) groups is 1. The number of rotatable bonds is 5. The number of halogens is 3. The van der Waals surface area contributed by atoms with Crippen LogP contribution in [-0.2, 0) is 4.79 Å². The Labute approximate surface area is 185 Å². The smallest absolute Gasteiger partial charge is 0.430 e. The molecule has 0 saturated heterocycles. The van der Waals surface area contributed by atoms with Crippen molar-refractivity contribution in [2.24, 2.45) is 4.99 Å². The Hall–Kier alpha value is -3.87. The first-order valence-corrected chi connectivity index (χ1v) is 9.80. The maximum Gasteiger partial charge on any atom is 0.430 e. The maximum atomic E-state index is 10.5. The fourth-order valence-electron chi connectivity index (χ4n) is 2.52. The number of carbonyl (C=O) groups excluding carboxylic acids is 1. The van der Waals surface area contributed by atoms with Crippen molar-refractivity contribution in [2.45, 2.75) is 11.2 Å². The third-order valence-corrected chi connectivity index (χ3v) is 4.90. The summed E-state index contributed by atoms with van der Waals surface area (Å²) in [6.07, 6.45) is -1.58. The summed E-state index contributed by atoms with van der Waals surface area (Å²) in [4.78, 5) is 17.5. The van der Waals surface area contributed by atoms with E-state index < -0.39 is 12.1 Å². The van der Waals surface area contributed by atoms with Crippen LogP contribution in [0.3, 0.4) is 0 Å². The minimum atomic E-state index is -5.19. The molecule has 0 amide bonds. The van der Waals surface area contributed by atoms with Crippen LogP contribution in [0.4, 0.5) is 19.0 Å². The number of quaternary nitrogens is 1. The number of nitrogens with two attached hydrogens (primary N) is 1. The Morgan fingerprint density at radius 1 is 1.22 bits per heavy atom. The quantitative estimate of drug-likeness (QED) is 0.642. The van der Waals surface area contributed by atoms with Gasteiger partial charge in [0, 0.05) is 12.6 Å². The average molecular weight is 460 g/mol. The predicted octanol–water partition coefficient (Wildman–Crippen LogP) is 1.37. The molecule has 12 heteroatoms. The molecule has 2 aromatic rings. The van der Waals surface area contributed by atoms with E-state index in [0.29, 0.717) is 33.3 Å². The summed E-state index contributed by atoms with van der Waals surface area (Å²) < 4.78 is 31.5. The molecule has 0 fully saturated rings. The summed E-state index contributed by atoms with van der Waals surface area (Å²) in [6.45, 7) is 0. The molecular weight excluding hydrogens is 445 g/mol. The molecule has 8 nitrogen and oxygen atoms in total. The fourth-order valence-corrected chi connectivity index (χ4v) is 3.42. The van der Waals surface area contributed by atoms with E-state index in [2.05, 4.69) is 27.4 Å². The van der Waals surface area contributed by atoms with Crippen molar-refractivity contribution in [1.82, 2.24) is 4.98 Å². The van der Waals surface area contributed by atoms with E-state index in [4.69, 9.17) is 9.90 Å². The zero-order valence-electron chi connectivity index (χ0n) is 16.5. The Kier molecular flexibility index (Phi) is 8.35. The first-order valence-electron chi connectivity index (χ1n) is 8.81. The van der Waals surface area contributed by atoms with Gasteiger partial charge >= 0.3 is 6.18 Å². The first-order chi connectivity index (χ1) is 15.2. The van der Waals surface area contributed by atoms with Crippen molar-refractivity contribution in [3.05, 3.63) is 53.9 Å². The predicted molar refractivity (Wildman–Crippen MR) is 109 cm³/mol. The largest absolute Gasteiger partial charge is 0.542 e. The summed E-state index contributed by atoms with van der Waals surface area (Å²) in [5, 5.41) is 33.7. The summed E-state index contributed by atoms with van der Waals surface area (Å²) in [5.41, 5.74) is 2.23. The van der Waals surface area contributed by atoms with Crippen LogP contribution in [0.25, 0.3) is 11.1 Å². The Morgan fingerprint density at radius 2 is 1.84 bits per heavy atom. The number of carboxylic acid groups (broad SMARTS) is 1. The van der Waals surface area contributed by atoms with E-state index in [1.165, 1.54) is 11.8 Å². The van der Waals surface area contributed by atoms with Crippen LogP contribution >= 0.6 is 11.8 Å². The number of nitrogens with zero attached hydrogens (tertiary/aromatic N) is 4. The van der Waals surface area contributed by atoms with Gasteiger partial charge in [0.1, 0.15) is 40.7 Å². The number of pyridine rings is 1. The average Bonchev–Trinajstić information content (AvgIpc) is 3.30. The molecule has 0 aliphatic carbocycles. The van der Waals surface area contributed by atoms with Crippen LogP contribution in [-0.4, -0.2) is 35.8 Å². The molecule has 1 aliphatic heterocycles. The van der Waals surface area contributed by atoms with Crippen molar-refractivity contribution in [3.63, 3.8) is 0 Å². The van der Waals surface area contributed by atoms with E-state index in [0.717, 1.165) is 11.4 Å². The highest BCUT2D eigenvalue weighted by Gasteiger charge is 2.28. The van der Waals surface area contributed by atoms with Gasteiger partial charge < -0.3 is 15.2 Å². The second-order valence-electron chi connectivity index (χ2n) is 5.93. The molecule has 32 heavy (non-hydrogen) atoms. The second-order valence-corrected chi connectivity index (χ2v) is 6.90. The first kappa shape index (κ1) is 24.4. The third kappa shape index (κ3) is 6.07. The topological polar surface area (TPSA) is 142 Å². The SMILES string of the molecule is CNc1nc(SCC2=NC=C[NH2+]2)c(C#N)c(-c2ccccc2)c1C#N.O=C([O-])C(F)(F)F. The van der Waals surface area contributed by atoms with Gasteiger partial charge in [-0.05, 0) is 5.56 Å². The Bertz CT molecular complexity index is 1140. The Morgan fingerprint density at radius 3 is 2.31 bits per heavy atom. The van der Waals surface area contributed by atoms with E-state index >= 15 is 0 Å². The molecule has 3 rings (SSSR count). The minimum Gasteiger partial charge on any atom is -0.542 e. The van der Waals surface area contributed by atoms with Crippen molar-refractivity contribution in [3.8, 4) is 23.3 Å². The van der Waals surface area contributed by atoms with Gasteiger partial charge in [0.05, 0.1) is 17.5 Å². The number of nitrogens with one attached hydrogen (secondary N) is 1. The lowest BCUT2D eigenvalue weighted by atomic mass is 9.97. The lowest BCUT2D eigenvalue weighted by molar-refractivity contribution is -0.458. The monoisotopic (exact) mass is 460 g/mol. The zero-order valence-corrected chi connectivity index (χ0v) is 17.3. The van der Waals surface area contributed by atoms with Crippen LogP contribution in [0.1, 0.15) is 11.1 Å². The third-order valence-electron chi connectivity index (χ3n) is 3.89. The number of hydrogen-bond acceptors (Lipinski definition) is 8. The van der Waals surface area contributed by atoms with Crippen molar-refractivity contribution < 1.29 is 28.4 Å². The minimum absolute atomic E-state index is 0.376. The molecule has 0 atom stereocenters. The van der Waals surface area contributed by atoms with Crippen LogP contribution in [0.15, 0.2) is 52.8 Å². The van der Waals surface area contributed by atoms with Gasteiger partial charge in [0.25, 0.3) is 0 Å². The number of amidine groups is 1. The summed E-state index contributed by atoms with van der Waals surface area (Å²) in [5.74, 6) is -1.00. The number of thioether (sulfide) groups is 1. The van der Waals surface area contributed by atoms with E-state index in [-0.39, 0.29) is 0 Å². The van der Waals surface area contributed by atoms with Crippen molar-refractivity contribution in [1.29, 1.82) is 10.5 Å². The van der Waals surface area contributed by atoms with Crippen molar-refractivity contribution in [2.75, 3.05) is 18.1 Å². The van der Waals surface area contributed by atoms with Crippen molar-refractivity contribution >= 4 is 29.4 Å². The standard InChI is InChI=1S/C18H14N6S.C2HF3O2/c1-21-17-13(9-19)16(12-5-3-2-4-6-12)14(10-20)18(24-17)25-11-15-22-7-8-23-15;3-2(4,5)1(6)7/h2-8H,11H2,1H3,(H,21,24)(H,22,23);(H,6,7). The zero-order chi connectivity index (χ0) is 23.7. The van der Waals surface area contributed by atoms with Gasteiger partial charge in [-0.3, -0.25) is 5.32 Å². The lowest BCUT2D eigenvalue weighted by Gasteiger charge is -2.14.